The average Bonchev–Trinajstić information content (AvgIpc) is 2.56. The van der Waals surface area contributed by atoms with Crippen LogP contribution < -0.4 is 5.32 Å². The van der Waals surface area contributed by atoms with E-state index in [-0.39, 0.29) is 26.9 Å². The van der Waals surface area contributed by atoms with Crippen molar-refractivity contribution in [1.82, 2.24) is 0 Å². The van der Waals surface area contributed by atoms with Crippen molar-refractivity contribution in [2.45, 2.75) is 0 Å². The first-order chi connectivity index (χ1) is 11.4. The Morgan fingerprint density at radius 3 is 2.17 bits per heavy atom. The van der Waals surface area contributed by atoms with E-state index in [9.17, 15) is 19.5 Å². The van der Waals surface area contributed by atoms with Crippen molar-refractivity contribution in [3.8, 4) is 0 Å². The number of hydrogen-bond donors (Lipinski definition) is 2. The highest BCUT2D eigenvalue weighted by atomic mass is 35.5. The normalized spacial score (nSPS) is 10.1. The Morgan fingerprint density at radius 2 is 1.58 bits per heavy atom. The van der Waals surface area contributed by atoms with Gasteiger partial charge in [0.1, 0.15) is 0 Å². The second-order valence-corrected chi connectivity index (χ2v) is 5.39. The van der Waals surface area contributed by atoms with Gasteiger partial charge in [0.15, 0.2) is 0 Å². The van der Waals surface area contributed by atoms with Gasteiger partial charge in [0.05, 0.1) is 39.5 Å². The van der Waals surface area contributed by atoms with Gasteiger partial charge in [-0.15, -0.1) is 0 Å². The summed E-state index contributed by atoms with van der Waals surface area (Å²) >= 11 is 11.8. The summed E-state index contributed by atoms with van der Waals surface area (Å²) in [7, 11) is 1.21. The second kappa shape index (κ2) is 7.33. The van der Waals surface area contributed by atoms with Crippen molar-refractivity contribution in [1.29, 1.82) is 0 Å². The summed E-state index contributed by atoms with van der Waals surface area (Å²) in [6.07, 6.45) is 0. The van der Waals surface area contributed by atoms with Crippen LogP contribution in [-0.2, 0) is 4.74 Å². The molecule has 0 aliphatic heterocycles. The van der Waals surface area contributed by atoms with E-state index < -0.39 is 23.4 Å². The number of hydrogen-bond acceptors (Lipinski definition) is 4. The number of esters is 1. The Hall–Kier alpha value is -2.57. The molecule has 0 heterocycles. The molecule has 0 unspecified atom stereocenters. The van der Waals surface area contributed by atoms with Gasteiger partial charge in [0, 0.05) is 0 Å². The zero-order valence-corrected chi connectivity index (χ0v) is 13.8. The molecule has 0 aliphatic carbocycles. The van der Waals surface area contributed by atoms with E-state index in [4.69, 9.17) is 23.2 Å². The van der Waals surface area contributed by atoms with Crippen LogP contribution in [0.1, 0.15) is 31.1 Å². The van der Waals surface area contributed by atoms with Crippen molar-refractivity contribution in [2.75, 3.05) is 12.4 Å². The van der Waals surface area contributed by atoms with Crippen molar-refractivity contribution in [2.24, 2.45) is 0 Å². The SMILES string of the molecule is COC(=O)c1ccccc1NC(=O)c1c(Cl)ccc(Cl)c1C(=O)O. The number of anilines is 1. The number of carbonyl (C=O) groups is 3. The molecule has 2 aromatic carbocycles. The third-order valence-corrected chi connectivity index (χ3v) is 3.76. The summed E-state index contributed by atoms with van der Waals surface area (Å²) < 4.78 is 4.64. The summed E-state index contributed by atoms with van der Waals surface area (Å²) in [5.74, 6) is -2.85. The smallest absolute Gasteiger partial charge is 0.339 e. The number of rotatable bonds is 4. The molecule has 0 aromatic heterocycles. The predicted molar refractivity (Wildman–Crippen MR) is 89.2 cm³/mol. The molecule has 0 aliphatic rings. The lowest BCUT2D eigenvalue weighted by Crippen LogP contribution is -2.19. The third-order valence-electron chi connectivity index (χ3n) is 3.13. The lowest BCUT2D eigenvalue weighted by Gasteiger charge is -2.13. The second-order valence-electron chi connectivity index (χ2n) is 4.58. The zero-order chi connectivity index (χ0) is 17.9. The maximum atomic E-state index is 12.5. The Labute approximate surface area is 146 Å². The van der Waals surface area contributed by atoms with Crippen LogP contribution in [0.4, 0.5) is 5.69 Å². The molecule has 2 N–H and O–H groups in total. The van der Waals surface area contributed by atoms with E-state index in [2.05, 4.69) is 10.1 Å². The van der Waals surface area contributed by atoms with Crippen LogP contribution in [-0.4, -0.2) is 30.1 Å². The Bertz CT molecular complexity index is 835. The van der Waals surface area contributed by atoms with Gasteiger partial charge in [0.25, 0.3) is 5.91 Å². The molecule has 0 saturated heterocycles. The Kier molecular flexibility index (Phi) is 5.43. The van der Waals surface area contributed by atoms with Crippen molar-refractivity contribution < 1.29 is 24.2 Å². The minimum atomic E-state index is -1.39. The van der Waals surface area contributed by atoms with Crippen molar-refractivity contribution >= 4 is 46.7 Å². The summed E-state index contributed by atoms with van der Waals surface area (Å²) in [6.45, 7) is 0. The van der Waals surface area contributed by atoms with Gasteiger partial charge in [-0.2, -0.15) is 0 Å². The van der Waals surface area contributed by atoms with E-state index in [1.165, 1.54) is 31.4 Å². The molecule has 0 fully saturated rings. The summed E-state index contributed by atoms with van der Waals surface area (Å²) in [4.78, 5) is 35.6. The van der Waals surface area contributed by atoms with Gasteiger partial charge in [-0.3, -0.25) is 4.79 Å². The molecule has 6 nitrogen and oxygen atoms in total. The predicted octanol–water partition coefficient (Wildman–Crippen LogP) is 3.73. The van der Waals surface area contributed by atoms with E-state index in [1.54, 1.807) is 12.1 Å². The van der Waals surface area contributed by atoms with Crippen LogP contribution in [0.2, 0.25) is 10.0 Å². The molecule has 1 amide bonds. The molecular weight excluding hydrogens is 357 g/mol. The molecular formula is C16H11Cl2NO5. The molecule has 24 heavy (non-hydrogen) atoms. The fourth-order valence-electron chi connectivity index (χ4n) is 2.05. The number of methoxy groups -OCH3 is 1. The average molecular weight is 368 g/mol. The quantitative estimate of drug-likeness (QED) is 0.803. The Balaban J connectivity index is 2.48. The summed E-state index contributed by atoms with van der Waals surface area (Å²) in [5, 5.41) is 11.5. The van der Waals surface area contributed by atoms with Gasteiger partial charge in [0.2, 0.25) is 0 Å². The standard InChI is InChI=1S/C16H11Cl2NO5/c1-24-16(23)8-4-2-3-5-11(8)19-14(20)12-9(17)6-7-10(18)13(12)15(21)22/h2-7H,1H3,(H,19,20)(H,21,22). The molecule has 0 bridgehead atoms. The largest absolute Gasteiger partial charge is 0.478 e. The van der Waals surface area contributed by atoms with Gasteiger partial charge in [-0.25, -0.2) is 9.59 Å². The first-order valence-electron chi connectivity index (χ1n) is 6.56. The van der Waals surface area contributed by atoms with Gasteiger partial charge < -0.3 is 15.2 Å². The zero-order valence-electron chi connectivity index (χ0n) is 12.3. The number of carboxylic acids is 1. The van der Waals surface area contributed by atoms with Crippen LogP contribution in [0.3, 0.4) is 0 Å². The molecule has 0 atom stereocenters. The monoisotopic (exact) mass is 367 g/mol. The van der Waals surface area contributed by atoms with Crippen molar-refractivity contribution in [3.63, 3.8) is 0 Å². The van der Waals surface area contributed by atoms with Crippen LogP contribution in [0.5, 0.6) is 0 Å². The molecule has 0 spiro atoms. The molecule has 0 saturated carbocycles. The maximum absolute atomic E-state index is 12.5. The number of ether oxygens (including phenoxy) is 1. The van der Waals surface area contributed by atoms with Crippen LogP contribution >= 0.6 is 23.2 Å². The number of aromatic carboxylic acids is 1. The number of carbonyl (C=O) groups excluding carboxylic acids is 2. The van der Waals surface area contributed by atoms with E-state index in [1.807, 2.05) is 0 Å². The maximum Gasteiger partial charge on any atom is 0.339 e. The minimum absolute atomic E-state index is 0.0788. The van der Waals surface area contributed by atoms with E-state index in [0.29, 0.717) is 0 Å². The number of halogens is 2. The fourth-order valence-corrected chi connectivity index (χ4v) is 2.53. The number of benzene rings is 2. The Morgan fingerprint density at radius 1 is 1.00 bits per heavy atom. The first-order valence-corrected chi connectivity index (χ1v) is 7.32. The van der Waals surface area contributed by atoms with E-state index in [0.717, 1.165) is 0 Å². The van der Waals surface area contributed by atoms with Crippen LogP contribution in [0, 0.1) is 0 Å². The summed E-state index contributed by atoms with van der Waals surface area (Å²) in [6, 6.07) is 8.73. The molecule has 8 heteroatoms. The highest BCUT2D eigenvalue weighted by Crippen LogP contribution is 2.28. The molecule has 124 valence electrons. The number of para-hydroxylation sites is 1. The molecule has 0 radical (unpaired) electrons. The van der Waals surface area contributed by atoms with E-state index >= 15 is 0 Å². The lowest BCUT2D eigenvalue weighted by molar-refractivity contribution is 0.0601. The number of nitrogens with one attached hydrogen (secondary N) is 1. The number of carboxylic acid groups (broad SMARTS) is 1. The topological polar surface area (TPSA) is 92.7 Å². The van der Waals surface area contributed by atoms with Crippen LogP contribution in [0.15, 0.2) is 36.4 Å². The first kappa shape index (κ1) is 17.8. The van der Waals surface area contributed by atoms with Crippen LogP contribution in [0.25, 0.3) is 0 Å². The van der Waals surface area contributed by atoms with Crippen molar-refractivity contribution in [3.05, 3.63) is 63.1 Å². The van der Waals surface area contributed by atoms with Gasteiger partial charge in [-0.05, 0) is 24.3 Å². The lowest BCUT2D eigenvalue weighted by atomic mass is 10.1. The molecule has 2 rings (SSSR count). The fraction of sp³-hybridized carbons (Fsp3) is 0.0625. The van der Waals surface area contributed by atoms with Gasteiger partial charge >= 0.3 is 11.9 Å². The highest BCUT2D eigenvalue weighted by molar-refractivity contribution is 6.39. The molecule has 2 aromatic rings. The number of amides is 1. The van der Waals surface area contributed by atoms with Gasteiger partial charge in [-0.1, -0.05) is 35.3 Å². The third kappa shape index (κ3) is 3.50. The summed E-state index contributed by atoms with van der Waals surface area (Å²) in [5.41, 5.74) is -0.446. The highest BCUT2D eigenvalue weighted by Gasteiger charge is 2.24. The minimum Gasteiger partial charge on any atom is -0.478 e.